The quantitative estimate of drug-likeness (QED) is 0.0402. The Bertz CT molecular complexity index is 1990. The molecule has 1 aliphatic rings. The van der Waals surface area contributed by atoms with E-state index in [0.29, 0.717) is 47.3 Å². The van der Waals surface area contributed by atoms with Gasteiger partial charge in [0.15, 0.2) is 11.5 Å². The topological polar surface area (TPSA) is 138 Å². The number of benzene rings is 4. The van der Waals surface area contributed by atoms with Gasteiger partial charge in [-0.15, -0.1) is 0 Å². The second-order valence-electron chi connectivity index (χ2n) is 14.5. The zero-order valence-corrected chi connectivity index (χ0v) is 33.6. The van der Waals surface area contributed by atoms with Crippen LogP contribution >= 0.6 is 0 Å². The van der Waals surface area contributed by atoms with Gasteiger partial charge in [0.05, 0.1) is 33.9 Å². The maximum atomic E-state index is 12.5. The molecular weight excluding hydrogens is 717 g/mol. The van der Waals surface area contributed by atoms with Crippen LogP contribution in [0.5, 0.6) is 23.0 Å². The molecule has 0 aromatic heterocycles. The van der Waals surface area contributed by atoms with Crippen molar-refractivity contribution in [3.8, 4) is 23.0 Å². The van der Waals surface area contributed by atoms with Gasteiger partial charge in [-0.05, 0) is 98.7 Å². The zero-order chi connectivity index (χ0) is 40.6. The van der Waals surface area contributed by atoms with Crippen LogP contribution in [0, 0.1) is 0 Å². The summed E-state index contributed by atoms with van der Waals surface area (Å²) in [7, 11) is 0. The number of hydrogen-bond acceptors (Lipinski definition) is 8. The van der Waals surface area contributed by atoms with Crippen molar-refractivity contribution in [3.63, 3.8) is 0 Å². The summed E-state index contributed by atoms with van der Waals surface area (Å²) in [6.45, 7) is 9.49. The molecule has 4 aromatic carbocycles. The number of nitrogens with one attached hydrogen (secondary N) is 1. The minimum Gasteiger partial charge on any atom is -0.478 e. The number of allylic oxidation sites excluding steroid dienone is 3. The number of rotatable bonds is 24. The van der Waals surface area contributed by atoms with Crippen LogP contribution in [-0.4, -0.2) is 48.3 Å². The highest BCUT2D eigenvalue weighted by atomic mass is 16.5. The van der Waals surface area contributed by atoms with Gasteiger partial charge in [-0.3, -0.25) is 0 Å². The van der Waals surface area contributed by atoms with Crippen LogP contribution in [0.1, 0.15) is 106 Å². The van der Waals surface area contributed by atoms with Gasteiger partial charge in [0, 0.05) is 38.3 Å². The number of nitrogen functional groups attached to an aromatic ring is 1. The van der Waals surface area contributed by atoms with E-state index in [4.69, 9.17) is 15.2 Å². The van der Waals surface area contributed by atoms with E-state index in [2.05, 4.69) is 48.0 Å². The minimum atomic E-state index is -1.04. The molecule has 1 aliphatic carbocycles. The van der Waals surface area contributed by atoms with Gasteiger partial charge in [-0.2, -0.15) is 0 Å². The van der Waals surface area contributed by atoms with E-state index in [-0.39, 0.29) is 16.8 Å². The third-order valence-electron chi connectivity index (χ3n) is 10.00. The molecule has 10 heteroatoms. The number of nitrogens with two attached hydrogens (primary N) is 1. The predicted molar refractivity (Wildman–Crippen MR) is 232 cm³/mol. The summed E-state index contributed by atoms with van der Waals surface area (Å²) in [5.74, 6) is 0.360. The van der Waals surface area contributed by atoms with Crippen LogP contribution < -0.4 is 30.3 Å². The monoisotopic (exact) mass is 774 g/mol. The smallest absolute Gasteiger partial charge is 0.335 e. The van der Waals surface area contributed by atoms with E-state index in [1.807, 2.05) is 60.7 Å². The molecule has 0 saturated heterocycles. The number of aromatic carboxylic acids is 2. The van der Waals surface area contributed by atoms with Crippen LogP contribution in [0.15, 0.2) is 108 Å². The highest BCUT2D eigenvalue weighted by molar-refractivity contribution is 5.93. The molecule has 302 valence electrons. The number of anilines is 4. The average molecular weight is 775 g/mol. The van der Waals surface area contributed by atoms with Crippen LogP contribution in [0.4, 0.5) is 22.7 Å². The number of unbranched alkanes of at least 4 members (excludes halogenated alkanes) is 4. The van der Waals surface area contributed by atoms with E-state index in [1.54, 1.807) is 18.2 Å². The number of ether oxygens (including phenoxy) is 2. The van der Waals surface area contributed by atoms with Crippen molar-refractivity contribution >= 4 is 34.7 Å². The SMILES string of the molecule is CCCCN(CCCCC1=CCC(Nc2cc(C(=O)O)cc(N(CCCC)CCCC)c2Oc2ccccc2)=C1)c1cc(C(=O)O)cc(N)c1Oc1ccccc1. The van der Waals surface area contributed by atoms with Crippen molar-refractivity contribution in [1.82, 2.24) is 0 Å². The van der Waals surface area contributed by atoms with Gasteiger partial charge in [-0.25, -0.2) is 9.59 Å². The molecule has 10 nitrogen and oxygen atoms in total. The summed E-state index contributed by atoms with van der Waals surface area (Å²) < 4.78 is 12.9. The van der Waals surface area contributed by atoms with Crippen molar-refractivity contribution < 1.29 is 29.3 Å². The Morgan fingerprint density at radius 1 is 0.667 bits per heavy atom. The highest BCUT2D eigenvalue weighted by Crippen LogP contribution is 2.43. The lowest BCUT2D eigenvalue weighted by Crippen LogP contribution is -2.26. The molecule has 5 N–H and O–H groups in total. The molecule has 0 saturated carbocycles. The summed E-state index contributed by atoms with van der Waals surface area (Å²) >= 11 is 0. The molecule has 0 radical (unpaired) electrons. The summed E-state index contributed by atoms with van der Waals surface area (Å²) in [4.78, 5) is 29.0. The Morgan fingerprint density at radius 3 is 1.68 bits per heavy atom. The Morgan fingerprint density at radius 2 is 1.16 bits per heavy atom. The van der Waals surface area contributed by atoms with Crippen LogP contribution in [-0.2, 0) is 0 Å². The Balaban J connectivity index is 1.34. The Labute approximate surface area is 337 Å². The molecule has 0 fully saturated rings. The van der Waals surface area contributed by atoms with E-state index >= 15 is 0 Å². The fourth-order valence-electron chi connectivity index (χ4n) is 6.89. The first kappa shape index (κ1) is 42.2. The van der Waals surface area contributed by atoms with Gasteiger partial charge < -0.3 is 40.5 Å². The van der Waals surface area contributed by atoms with Gasteiger partial charge in [0.2, 0.25) is 0 Å². The molecule has 0 spiro atoms. The number of hydrogen-bond donors (Lipinski definition) is 4. The van der Waals surface area contributed by atoms with Crippen LogP contribution in [0.2, 0.25) is 0 Å². The number of carboxylic acids is 2. The largest absolute Gasteiger partial charge is 0.478 e. The van der Waals surface area contributed by atoms with Gasteiger partial charge in [0.1, 0.15) is 11.5 Å². The van der Waals surface area contributed by atoms with E-state index in [9.17, 15) is 19.8 Å². The number of para-hydroxylation sites is 2. The summed E-state index contributed by atoms with van der Waals surface area (Å²) in [6.07, 6.45) is 13.6. The first-order valence-electron chi connectivity index (χ1n) is 20.4. The van der Waals surface area contributed by atoms with Crippen molar-refractivity contribution in [2.75, 3.05) is 47.0 Å². The van der Waals surface area contributed by atoms with Crippen molar-refractivity contribution in [3.05, 3.63) is 119 Å². The van der Waals surface area contributed by atoms with E-state index in [1.165, 1.54) is 11.6 Å². The summed E-state index contributed by atoms with van der Waals surface area (Å²) in [5, 5.41) is 23.7. The molecule has 0 unspecified atom stereocenters. The number of carboxylic acid groups (broad SMARTS) is 2. The van der Waals surface area contributed by atoms with Crippen LogP contribution in [0.25, 0.3) is 0 Å². The summed E-state index contributed by atoms with van der Waals surface area (Å²) in [5.41, 5.74) is 11.3. The third kappa shape index (κ3) is 12.0. The number of carbonyl (C=O) groups is 2. The molecular formula is C47H58N4O6. The molecule has 0 atom stereocenters. The third-order valence-corrected chi connectivity index (χ3v) is 10.00. The lowest BCUT2D eigenvalue weighted by molar-refractivity contribution is 0.0686. The average Bonchev–Trinajstić information content (AvgIpc) is 3.66. The fraction of sp³-hybridized carbons (Fsp3) is 0.362. The molecule has 0 heterocycles. The molecule has 0 amide bonds. The minimum absolute atomic E-state index is 0.124. The standard InChI is InChI=1S/C47H58N4O6/c1-4-7-25-50(26-8-5-2)43-33-36(47(54)55)31-41(45(43)57-39-21-14-11-15-22-39)49-37-24-23-34(29-37)18-16-17-28-51(27-9-6-3)42-32-35(46(52)53)30-40(48)44(42)56-38-19-12-10-13-20-38/h10-15,19-23,29-33,49H,4-9,16-18,24-28,48H2,1-3H3,(H,52,53)(H,54,55). The van der Waals surface area contributed by atoms with E-state index < -0.39 is 11.9 Å². The maximum absolute atomic E-state index is 12.5. The molecule has 0 bridgehead atoms. The zero-order valence-electron chi connectivity index (χ0n) is 33.6. The molecule has 57 heavy (non-hydrogen) atoms. The first-order valence-corrected chi connectivity index (χ1v) is 20.4. The van der Waals surface area contributed by atoms with E-state index in [0.717, 1.165) is 88.8 Å². The molecule has 4 aromatic rings. The second-order valence-corrected chi connectivity index (χ2v) is 14.5. The summed E-state index contributed by atoms with van der Waals surface area (Å²) in [6, 6.07) is 25.6. The second kappa shape index (κ2) is 21.4. The first-order chi connectivity index (χ1) is 27.7. The van der Waals surface area contributed by atoms with Crippen molar-refractivity contribution in [1.29, 1.82) is 0 Å². The maximum Gasteiger partial charge on any atom is 0.335 e. The van der Waals surface area contributed by atoms with Gasteiger partial charge in [0.25, 0.3) is 0 Å². The fourth-order valence-corrected chi connectivity index (χ4v) is 6.89. The molecule has 5 rings (SSSR count). The highest BCUT2D eigenvalue weighted by Gasteiger charge is 2.23. The Hall–Kier alpha value is -5.90. The van der Waals surface area contributed by atoms with Crippen molar-refractivity contribution in [2.45, 2.75) is 85.0 Å². The predicted octanol–water partition coefficient (Wildman–Crippen LogP) is 11.8. The van der Waals surface area contributed by atoms with Gasteiger partial charge in [-0.1, -0.05) is 82.5 Å². The Kier molecular flexibility index (Phi) is 15.9. The van der Waals surface area contributed by atoms with Crippen LogP contribution in [0.3, 0.4) is 0 Å². The lowest BCUT2D eigenvalue weighted by atomic mass is 10.1. The van der Waals surface area contributed by atoms with Crippen molar-refractivity contribution in [2.24, 2.45) is 0 Å². The van der Waals surface area contributed by atoms with Gasteiger partial charge >= 0.3 is 11.9 Å². The molecule has 0 aliphatic heterocycles. The normalized spacial score (nSPS) is 12.1. The lowest BCUT2D eigenvalue weighted by Gasteiger charge is -2.29. The number of nitrogens with zero attached hydrogens (tertiary/aromatic N) is 2.